The molecular weight excluding hydrogens is 424 g/mol. The zero-order valence-corrected chi connectivity index (χ0v) is 20.6. The molecule has 3 aromatic heterocycles. The Bertz CT molecular complexity index is 1230. The van der Waals surface area contributed by atoms with Gasteiger partial charge in [0.05, 0.1) is 17.3 Å². The molecule has 0 aromatic carbocycles. The predicted molar refractivity (Wildman–Crippen MR) is 132 cm³/mol. The molecular formula is C26H36N8. The zero-order valence-electron chi connectivity index (χ0n) is 20.6. The van der Waals surface area contributed by atoms with Gasteiger partial charge in [0.2, 0.25) is 0 Å². The number of nitrogens with zero attached hydrogens (tertiary/aromatic N) is 7. The number of rotatable bonds is 4. The maximum atomic E-state index is 5.13. The number of aromatic amines is 1. The van der Waals surface area contributed by atoms with Crippen molar-refractivity contribution in [2.45, 2.75) is 90.3 Å². The fourth-order valence-electron chi connectivity index (χ4n) is 7.77. The van der Waals surface area contributed by atoms with Crippen LogP contribution in [0.15, 0.2) is 6.20 Å². The molecule has 7 rings (SSSR count). The van der Waals surface area contributed by atoms with Crippen molar-refractivity contribution in [3.8, 4) is 0 Å². The smallest absolute Gasteiger partial charge is 0.161 e. The highest BCUT2D eigenvalue weighted by Crippen LogP contribution is 2.60. The van der Waals surface area contributed by atoms with Crippen molar-refractivity contribution in [3.05, 3.63) is 29.0 Å². The van der Waals surface area contributed by atoms with Gasteiger partial charge in [-0.05, 0) is 77.3 Å². The molecule has 4 aliphatic rings. The van der Waals surface area contributed by atoms with E-state index in [1.807, 2.05) is 13.1 Å². The fraction of sp³-hybridized carbons (Fsp3) is 0.692. The molecule has 2 bridgehead atoms. The number of fused-ring (bicyclic) bond motifs is 4. The maximum Gasteiger partial charge on any atom is 0.161 e. The second-order valence-corrected chi connectivity index (χ2v) is 11.5. The first-order valence-electron chi connectivity index (χ1n) is 13.3. The Morgan fingerprint density at radius 1 is 1.00 bits per heavy atom. The van der Waals surface area contributed by atoms with E-state index in [0.29, 0.717) is 11.0 Å². The standard InChI is InChI=1S/C26H36N8/c1-18-21-15-32(24-20-14-27-30-23(20)28-19(2)29-24)13-6-22(21)34(31-18)17-25-7-9-26(16-25,10-8-25)33-11-4-3-5-12-33/h14H,3-13,15-17H2,1-2H3,(H,27,28,29,30). The van der Waals surface area contributed by atoms with Crippen molar-refractivity contribution in [1.29, 1.82) is 0 Å². The summed E-state index contributed by atoms with van der Waals surface area (Å²) >= 11 is 0. The van der Waals surface area contributed by atoms with Gasteiger partial charge in [-0.15, -0.1) is 0 Å². The highest BCUT2D eigenvalue weighted by Gasteiger charge is 2.56. The van der Waals surface area contributed by atoms with Crippen LogP contribution >= 0.6 is 0 Å². The van der Waals surface area contributed by atoms with E-state index in [9.17, 15) is 0 Å². The van der Waals surface area contributed by atoms with E-state index in [1.165, 1.54) is 81.4 Å². The third kappa shape index (κ3) is 3.13. The van der Waals surface area contributed by atoms with E-state index < -0.39 is 0 Å². The van der Waals surface area contributed by atoms with Crippen LogP contribution in [0.5, 0.6) is 0 Å². The summed E-state index contributed by atoms with van der Waals surface area (Å²) in [7, 11) is 0. The van der Waals surface area contributed by atoms with Gasteiger partial charge in [-0.2, -0.15) is 10.2 Å². The maximum absolute atomic E-state index is 5.13. The monoisotopic (exact) mass is 460 g/mol. The molecule has 34 heavy (non-hydrogen) atoms. The van der Waals surface area contributed by atoms with Crippen molar-refractivity contribution in [1.82, 2.24) is 34.8 Å². The summed E-state index contributed by atoms with van der Waals surface area (Å²) in [5.41, 5.74) is 5.81. The Labute approximate surface area is 201 Å². The molecule has 3 fully saturated rings. The van der Waals surface area contributed by atoms with Crippen molar-refractivity contribution < 1.29 is 0 Å². The molecule has 1 N–H and O–H groups in total. The highest BCUT2D eigenvalue weighted by atomic mass is 15.3. The summed E-state index contributed by atoms with van der Waals surface area (Å²) in [6.07, 6.45) is 14.0. The summed E-state index contributed by atoms with van der Waals surface area (Å²) in [5, 5.41) is 13.3. The normalized spacial score (nSPS) is 29.3. The third-order valence-electron chi connectivity index (χ3n) is 9.49. The SMILES string of the molecule is Cc1nc(N2CCc3c(c(C)nn3CC34CCC(N5CCCCC5)(CC3)C4)C2)c2cn[nH]c2n1. The van der Waals surface area contributed by atoms with Crippen molar-refractivity contribution in [2.75, 3.05) is 24.5 Å². The molecule has 0 spiro atoms. The van der Waals surface area contributed by atoms with Crippen LogP contribution in [0.25, 0.3) is 11.0 Å². The number of likely N-dealkylation sites (tertiary alicyclic amines) is 1. The van der Waals surface area contributed by atoms with Gasteiger partial charge < -0.3 is 4.90 Å². The average molecular weight is 461 g/mol. The van der Waals surface area contributed by atoms with Crippen molar-refractivity contribution >= 4 is 16.9 Å². The van der Waals surface area contributed by atoms with Crippen LogP contribution in [0.1, 0.15) is 74.1 Å². The molecule has 3 aromatic rings. The molecule has 2 aliphatic carbocycles. The topological polar surface area (TPSA) is 78.8 Å². The molecule has 1 saturated heterocycles. The van der Waals surface area contributed by atoms with Gasteiger partial charge in [-0.3, -0.25) is 14.7 Å². The Kier molecular flexibility index (Phi) is 4.61. The minimum absolute atomic E-state index is 0.452. The second-order valence-electron chi connectivity index (χ2n) is 11.5. The van der Waals surface area contributed by atoms with Gasteiger partial charge in [0.1, 0.15) is 11.6 Å². The first-order valence-corrected chi connectivity index (χ1v) is 13.3. The van der Waals surface area contributed by atoms with Crippen molar-refractivity contribution in [3.63, 3.8) is 0 Å². The largest absolute Gasteiger partial charge is 0.351 e. The summed E-state index contributed by atoms with van der Waals surface area (Å²) in [5.74, 6) is 1.77. The molecule has 8 nitrogen and oxygen atoms in total. The van der Waals surface area contributed by atoms with Gasteiger partial charge in [-0.25, -0.2) is 9.97 Å². The average Bonchev–Trinajstić information content (AvgIpc) is 3.62. The van der Waals surface area contributed by atoms with Crippen LogP contribution in [-0.2, 0) is 19.5 Å². The van der Waals surface area contributed by atoms with Crippen LogP contribution < -0.4 is 4.90 Å². The second kappa shape index (κ2) is 7.51. The van der Waals surface area contributed by atoms with Gasteiger partial charge >= 0.3 is 0 Å². The number of hydrogen-bond acceptors (Lipinski definition) is 6. The molecule has 2 saturated carbocycles. The van der Waals surface area contributed by atoms with Gasteiger partial charge in [0.15, 0.2) is 5.65 Å². The summed E-state index contributed by atoms with van der Waals surface area (Å²) in [4.78, 5) is 14.6. The number of hydrogen-bond donors (Lipinski definition) is 1. The van der Waals surface area contributed by atoms with Crippen LogP contribution in [-0.4, -0.2) is 60.0 Å². The fourth-order valence-corrected chi connectivity index (χ4v) is 7.77. The summed E-state index contributed by atoms with van der Waals surface area (Å²) < 4.78 is 2.41. The van der Waals surface area contributed by atoms with Crippen LogP contribution in [0, 0.1) is 19.3 Å². The van der Waals surface area contributed by atoms with E-state index in [4.69, 9.17) is 10.1 Å². The van der Waals surface area contributed by atoms with Crippen LogP contribution in [0.2, 0.25) is 0 Å². The molecule has 180 valence electrons. The Morgan fingerprint density at radius 3 is 2.65 bits per heavy atom. The lowest BCUT2D eigenvalue weighted by Crippen LogP contribution is -2.48. The Morgan fingerprint density at radius 2 is 1.82 bits per heavy atom. The lowest BCUT2D eigenvalue weighted by atomic mass is 9.83. The predicted octanol–water partition coefficient (Wildman–Crippen LogP) is 3.92. The van der Waals surface area contributed by atoms with E-state index >= 15 is 0 Å². The van der Waals surface area contributed by atoms with Crippen molar-refractivity contribution in [2.24, 2.45) is 5.41 Å². The first kappa shape index (κ1) is 20.9. The van der Waals surface area contributed by atoms with Gasteiger partial charge in [-0.1, -0.05) is 6.42 Å². The third-order valence-corrected chi connectivity index (χ3v) is 9.49. The molecule has 0 amide bonds. The Balaban J connectivity index is 1.14. The lowest BCUT2D eigenvalue weighted by molar-refractivity contribution is 0.0735. The highest BCUT2D eigenvalue weighted by molar-refractivity contribution is 5.86. The van der Waals surface area contributed by atoms with E-state index in [0.717, 1.165) is 48.7 Å². The van der Waals surface area contributed by atoms with E-state index in [2.05, 4.69) is 36.6 Å². The number of aryl methyl sites for hydroxylation is 2. The van der Waals surface area contributed by atoms with Crippen LogP contribution in [0.4, 0.5) is 5.82 Å². The Hall–Kier alpha value is -2.48. The molecule has 0 radical (unpaired) electrons. The first-order chi connectivity index (χ1) is 16.5. The summed E-state index contributed by atoms with van der Waals surface area (Å²) in [6, 6.07) is 0. The number of anilines is 1. The molecule has 8 heteroatoms. The minimum Gasteiger partial charge on any atom is -0.351 e. The zero-order chi connectivity index (χ0) is 22.9. The number of piperidine rings is 1. The number of nitrogens with one attached hydrogen (secondary N) is 1. The number of aromatic nitrogens is 6. The molecule has 5 heterocycles. The number of H-pyrrole nitrogens is 1. The summed E-state index contributed by atoms with van der Waals surface area (Å²) in [6.45, 7) is 9.73. The minimum atomic E-state index is 0.452. The van der Waals surface area contributed by atoms with Gasteiger partial charge in [0, 0.05) is 42.9 Å². The molecule has 2 aliphatic heterocycles. The lowest BCUT2D eigenvalue weighted by Gasteiger charge is -2.42. The molecule has 0 atom stereocenters. The van der Waals surface area contributed by atoms with E-state index in [1.54, 1.807) is 0 Å². The molecule has 0 unspecified atom stereocenters. The van der Waals surface area contributed by atoms with Gasteiger partial charge in [0.25, 0.3) is 0 Å². The quantitative estimate of drug-likeness (QED) is 0.636. The van der Waals surface area contributed by atoms with Crippen LogP contribution in [0.3, 0.4) is 0 Å². The van der Waals surface area contributed by atoms with E-state index in [-0.39, 0.29) is 0 Å².